The summed E-state index contributed by atoms with van der Waals surface area (Å²) in [6.07, 6.45) is 6.26. The van der Waals surface area contributed by atoms with Crippen LogP contribution in [0.4, 0.5) is 5.69 Å². The van der Waals surface area contributed by atoms with Gasteiger partial charge in [0.2, 0.25) is 0 Å². The second-order valence-corrected chi connectivity index (χ2v) is 10.0. The summed E-state index contributed by atoms with van der Waals surface area (Å²) in [5, 5.41) is 0. The predicted octanol–water partition coefficient (Wildman–Crippen LogP) is 5.76. The molecular weight excluding hydrogens is 316 g/mol. The molecule has 1 saturated heterocycles. The lowest BCUT2D eigenvalue weighted by Gasteiger charge is -2.41. The first-order chi connectivity index (χ1) is 12.2. The summed E-state index contributed by atoms with van der Waals surface area (Å²) in [5.74, 6) is 0. The van der Waals surface area contributed by atoms with Crippen LogP contribution in [0.3, 0.4) is 0 Å². The number of rotatable bonds is 4. The maximum absolute atomic E-state index is 2.63. The molecule has 1 aliphatic carbocycles. The summed E-state index contributed by atoms with van der Waals surface area (Å²) in [6.45, 7) is 20.1. The van der Waals surface area contributed by atoms with Crippen LogP contribution in [-0.4, -0.2) is 37.6 Å². The van der Waals surface area contributed by atoms with Gasteiger partial charge >= 0.3 is 0 Å². The molecule has 0 N–H and O–H groups in total. The molecule has 0 spiro atoms. The van der Waals surface area contributed by atoms with Gasteiger partial charge in [0, 0.05) is 37.4 Å². The molecule has 2 nitrogen and oxygen atoms in total. The smallest absolute Gasteiger partial charge is 0.0446 e. The van der Waals surface area contributed by atoms with E-state index in [9.17, 15) is 0 Å². The average molecular weight is 355 g/mol. The molecule has 2 aliphatic rings. The van der Waals surface area contributed by atoms with Crippen molar-refractivity contribution in [3.05, 3.63) is 35.4 Å². The number of anilines is 1. The minimum absolute atomic E-state index is 0.277. The number of benzene rings is 1. The lowest BCUT2D eigenvalue weighted by Crippen LogP contribution is -2.46. The van der Waals surface area contributed by atoms with Gasteiger partial charge in [-0.3, -0.25) is 4.90 Å². The van der Waals surface area contributed by atoms with Crippen molar-refractivity contribution >= 4 is 11.3 Å². The number of aryl methyl sites for hydroxylation is 1. The Balaban J connectivity index is 1.91. The first-order valence-electron chi connectivity index (χ1n) is 10.5. The highest BCUT2D eigenvalue weighted by Crippen LogP contribution is 2.48. The number of hydrogen-bond donors (Lipinski definition) is 0. The zero-order valence-electron chi connectivity index (χ0n) is 17.9. The fraction of sp³-hybridized carbons (Fsp3) is 0.667. The molecule has 0 aromatic heterocycles. The van der Waals surface area contributed by atoms with E-state index in [0.717, 1.165) is 13.1 Å². The third-order valence-electron chi connectivity index (χ3n) is 5.92. The van der Waals surface area contributed by atoms with Crippen molar-refractivity contribution in [2.75, 3.05) is 37.6 Å². The summed E-state index contributed by atoms with van der Waals surface area (Å²) >= 11 is 0. The highest BCUT2D eigenvalue weighted by atomic mass is 15.3. The highest BCUT2D eigenvalue weighted by Gasteiger charge is 2.34. The van der Waals surface area contributed by atoms with Crippen molar-refractivity contribution in [2.24, 2.45) is 10.8 Å². The molecule has 1 aromatic carbocycles. The van der Waals surface area contributed by atoms with Gasteiger partial charge in [0.15, 0.2) is 0 Å². The molecule has 0 radical (unpaired) electrons. The average Bonchev–Trinajstić information content (AvgIpc) is 2.53. The molecule has 26 heavy (non-hydrogen) atoms. The van der Waals surface area contributed by atoms with Gasteiger partial charge in [-0.2, -0.15) is 0 Å². The Hall–Kier alpha value is -1.28. The fourth-order valence-electron chi connectivity index (χ4n) is 5.26. The maximum Gasteiger partial charge on any atom is 0.0446 e. The first kappa shape index (κ1) is 19.5. The Morgan fingerprint density at radius 1 is 1.00 bits per heavy atom. The quantitative estimate of drug-likeness (QED) is 0.678. The fourth-order valence-corrected chi connectivity index (χ4v) is 5.26. The van der Waals surface area contributed by atoms with Crippen molar-refractivity contribution in [3.8, 4) is 0 Å². The van der Waals surface area contributed by atoms with Gasteiger partial charge < -0.3 is 4.90 Å². The van der Waals surface area contributed by atoms with Crippen LogP contribution in [0.15, 0.2) is 24.3 Å². The summed E-state index contributed by atoms with van der Waals surface area (Å²) in [6, 6.07) is 7.09. The SMILES string of the molecule is CCCN1CCN(c2cc(C)ccc2C2=CC(C)(C)CC(C)(C)C2)CC1. The zero-order chi connectivity index (χ0) is 18.9. The van der Waals surface area contributed by atoms with Crippen LogP contribution >= 0.6 is 0 Å². The molecule has 2 heteroatoms. The van der Waals surface area contributed by atoms with Crippen molar-refractivity contribution in [3.63, 3.8) is 0 Å². The molecule has 0 unspecified atom stereocenters. The summed E-state index contributed by atoms with van der Waals surface area (Å²) in [5.41, 5.74) is 6.50. The van der Waals surface area contributed by atoms with Crippen molar-refractivity contribution in [1.82, 2.24) is 4.90 Å². The highest BCUT2D eigenvalue weighted by molar-refractivity contribution is 5.79. The summed E-state index contributed by atoms with van der Waals surface area (Å²) in [4.78, 5) is 5.24. The van der Waals surface area contributed by atoms with Gasteiger partial charge in [0.05, 0.1) is 0 Å². The minimum Gasteiger partial charge on any atom is -0.368 e. The van der Waals surface area contributed by atoms with Crippen LogP contribution in [-0.2, 0) is 0 Å². The van der Waals surface area contributed by atoms with Crippen LogP contribution in [0.25, 0.3) is 5.57 Å². The van der Waals surface area contributed by atoms with Crippen molar-refractivity contribution < 1.29 is 0 Å². The molecule has 3 rings (SSSR count). The molecule has 0 atom stereocenters. The molecule has 1 aromatic rings. The van der Waals surface area contributed by atoms with E-state index in [0.29, 0.717) is 5.41 Å². The van der Waals surface area contributed by atoms with Crippen LogP contribution in [0.5, 0.6) is 0 Å². The van der Waals surface area contributed by atoms with Gasteiger partial charge in [-0.1, -0.05) is 52.8 Å². The van der Waals surface area contributed by atoms with Crippen LogP contribution in [0.2, 0.25) is 0 Å². The third-order valence-corrected chi connectivity index (χ3v) is 5.92. The topological polar surface area (TPSA) is 6.48 Å². The first-order valence-corrected chi connectivity index (χ1v) is 10.5. The molecular formula is C24H38N2. The molecule has 0 bridgehead atoms. The van der Waals surface area contributed by atoms with Crippen molar-refractivity contribution in [2.45, 2.75) is 60.8 Å². The molecule has 1 aliphatic heterocycles. The van der Waals surface area contributed by atoms with Gasteiger partial charge in [-0.05, 0) is 60.8 Å². The second kappa shape index (κ2) is 7.38. The zero-order valence-corrected chi connectivity index (χ0v) is 17.9. The van der Waals surface area contributed by atoms with Gasteiger partial charge in [0.1, 0.15) is 0 Å². The Bertz CT molecular complexity index is 661. The Labute approximate surface area is 161 Å². The largest absolute Gasteiger partial charge is 0.368 e. The minimum atomic E-state index is 0.277. The molecule has 0 amide bonds. The van der Waals surface area contributed by atoms with E-state index in [1.54, 1.807) is 5.57 Å². The normalized spacial score (nSPS) is 23.0. The Kier molecular flexibility index (Phi) is 5.53. The summed E-state index contributed by atoms with van der Waals surface area (Å²) in [7, 11) is 0. The molecule has 1 heterocycles. The second-order valence-electron chi connectivity index (χ2n) is 10.0. The van der Waals surface area contributed by atoms with Crippen LogP contribution in [0.1, 0.15) is 65.0 Å². The standard InChI is InChI=1S/C24H38N2/c1-7-10-25-11-13-26(14-12-25)22-15-19(2)8-9-21(22)20-16-23(3,4)18-24(5,6)17-20/h8-9,15-16H,7,10-14,17-18H2,1-6H3. The van der Waals surface area contributed by atoms with Crippen LogP contribution < -0.4 is 4.90 Å². The number of hydrogen-bond acceptors (Lipinski definition) is 2. The van der Waals surface area contributed by atoms with E-state index in [-0.39, 0.29) is 5.41 Å². The third kappa shape index (κ3) is 4.52. The van der Waals surface area contributed by atoms with E-state index in [2.05, 4.69) is 75.6 Å². The van der Waals surface area contributed by atoms with E-state index in [1.807, 2.05) is 0 Å². The lowest BCUT2D eigenvalue weighted by molar-refractivity contribution is 0.228. The van der Waals surface area contributed by atoms with E-state index >= 15 is 0 Å². The van der Waals surface area contributed by atoms with Gasteiger partial charge in [-0.15, -0.1) is 0 Å². The molecule has 0 saturated carbocycles. The van der Waals surface area contributed by atoms with E-state index in [4.69, 9.17) is 0 Å². The van der Waals surface area contributed by atoms with E-state index < -0.39 is 0 Å². The maximum atomic E-state index is 2.63. The Morgan fingerprint density at radius 2 is 1.69 bits per heavy atom. The van der Waals surface area contributed by atoms with Gasteiger partial charge in [0.25, 0.3) is 0 Å². The van der Waals surface area contributed by atoms with Gasteiger partial charge in [-0.25, -0.2) is 0 Å². The summed E-state index contributed by atoms with van der Waals surface area (Å²) < 4.78 is 0. The van der Waals surface area contributed by atoms with E-state index in [1.165, 1.54) is 55.7 Å². The number of nitrogens with zero attached hydrogens (tertiary/aromatic N) is 2. The lowest BCUT2D eigenvalue weighted by atomic mass is 9.65. The molecule has 1 fully saturated rings. The van der Waals surface area contributed by atoms with Crippen LogP contribution in [0, 0.1) is 17.8 Å². The number of piperazine rings is 1. The Morgan fingerprint density at radius 3 is 2.31 bits per heavy atom. The number of allylic oxidation sites excluding steroid dienone is 2. The monoisotopic (exact) mass is 354 g/mol. The van der Waals surface area contributed by atoms with Crippen molar-refractivity contribution in [1.29, 1.82) is 0 Å². The predicted molar refractivity (Wildman–Crippen MR) is 115 cm³/mol. The molecule has 144 valence electrons.